The van der Waals surface area contributed by atoms with E-state index in [1.54, 1.807) is 6.07 Å². The van der Waals surface area contributed by atoms with Gasteiger partial charge in [0.15, 0.2) is 0 Å². The van der Waals surface area contributed by atoms with Gasteiger partial charge in [0.1, 0.15) is 5.82 Å². The van der Waals surface area contributed by atoms with Crippen LogP contribution < -0.4 is 0 Å². The maximum atomic E-state index is 13.7. The van der Waals surface area contributed by atoms with Gasteiger partial charge in [-0.2, -0.15) is 0 Å². The number of likely N-dealkylation sites (tertiary alicyclic amines) is 1. The summed E-state index contributed by atoms with van der Waals surface area (Å²) in [5.41, 5.74) is 2.18. The molecule has 0 amide bonds. The number of rotatable bonds is 6. The van der Waals surface area contributed by atoms with E-state index in [0.29, 0.717) is 6.54 Å². The molecule has 0 saturated carbocycles. The first-order valence-corrected chi connectivity index (χ1v) is 8.79. The summed E-state index contributed by atoms with van der Waals surface area (Å²) in [5.74, 6) is -0.116. The van der Waals surface area contributed by atoms with E-state index >= 15 is 0 Å². The van der Waals surface area contributed by atoms with Crippen molar-refractivity contribution in [2.75, 3.05) is 20.1 Å². The van der Waals surface area contributed by atoms with Gasteiger partial charge in [-0.25, -0.2) is 4.39 Å². The minimum absolute atomic E-state index is 0.116. The predicted octanol–water partition coefficient (Wildman–Crippen LogP) is 4.12. The molecule has 0 atom stereocenters. The Morgan fingerprint density at radius 1 is 1.18 bits per heavy atom. The Labute approximate surface area is 136 Å². The zero-order valence-electron chi connectivity index (χ0n) is 13.1. The van der Waals surface area contributed by atoms with Gasteiger partial charge in [-0.3, -0.25) is 9.80 Å². The molecule has 0 radical (unpaired) electrons. The van der Waals surface area contributed by atoms with Crippen molar-refractivity contribution in [1.29, 1.82) is 0 Å². The molecule has 3 rings (SSSR count). The third-order valence-electron chi connectivity index (χ3n) is 4.14. The molecule has 0 aliphatic carbocycles. The number of halogens is 1. The Kier molecular flexibility index (Phi) is 5.24. The molecule has 22 heavy (non-hydrogen) atoms. The minimum atomic E-state index is -0.116. The molecule has 0 N–H and O–H groups in total. The van der Waals surface area contributed by atoms with Crippen LogP contribution in [0.2, 0.25) is 0 Å². The molecular formula is C18H23FN2S. The van der Waals surface area contributed by atoms with Crippen LogP contribution in [-0.2, 0) is 19.6 Å². The Morgan fingerprint density at radius 3 is 2.73 bits per heavy atom. The summed E-state index contributed by atoms with van der Waals surface area (Å²) in [7, 11) is 2.05. The molecule has 1 saturated heterocycles. The van der Waals surface area contributed by atoms with Gasteiger partial charge in [0.05, 0.1) is 0 Å². The summed E-state index contributed by atoms with van der Waals surface area (Å²) in [6.45, 7) is 5.06. The normalized spacial score (nSPS) is 15.8. The van der Waals surface area contributed by atoms with E-state index < -0.39 is 0 Å². The molecule has 0 bridgehead atoms. The van der Waals surface area contributed by atoms with E-state index in [-0.39, 0.29) is 5.82 Å². The van der Waals surface area contributed by atoms with E-state index in [2.05, 4.69) is 21.2 Å². The van der Waals surface area contributed by atoms with E-state index in [9.17, 15) is 4.39 Å². The highest BCUT2D eigenvalue weighted by Gasteiger charge is 2.13. The third kappa shape index (κ3) is 4.15. The highest BCUT2D eigenvalue weighted by molar-refractivity contribution is 7.10. The second-order valence-electron chi connectivity index (χ2n) is 6.17. The SMILES string of the molecule is CN(Cc1cc(CN2CCCC2)cs1)Cc1ccccc1F. The Balaban J connectivity index is 1.54. The number of nitrogens with zero attached hydrogens (tertiary/aromatic N) is 2. The average Bonchev–Trinajstić information content (AvgIpc) is 3.14. The molecule has 1 aromatic heterocycles. The van der Waals surface area contributed by atoms with Crippen LogP contribution >= 0.6 is 11.3 Å². The Bertz CT molecular complexity index is 605. The fourth-order valence-electron chi connectivity index (χ4n) is 3.03. The van der Waals surface area contributed by atoms with Crippen LogP contribution in [0.3, 0.4) is 0 Å². The van der Waals surface area contributed by atoms with Crippen LogP contribution in [-0.4, -0.2) is 29.9 Å². The molecule has 1 aliphatic rings. The quantitative estimate of drug-likeness (QED) is 0.791. The Hall–Kier alpha value is -1.23. The van der Waals surface area contributed by atoms with E-state index in [1.807, 2.05) is 30.5 Å². The first-order valence-electron chi connectivity index (χ1n) is 7.91. The number of hydrogen-bond acceptors (Lipinski definition) is 3. The molecular weight excluding hydrogens is 295 g/mol. The highest BCUT2D eigenvalue weighted by Crippen LogP contribution is 2.21. The van der Waals surface area contributed by atoms with Crippen molar-refractivity contribution >= 4 is 11.3 Å². The van der Waals surface area contributed by atoms with Gasteiger partial charge in [-0.1, -0.05) is 18.2 Å². The molecule has 0 unspecified atom stereocenters. The molecule has 0 spiro atoms. The second-order valence-corrected chi connectivity index (χ2v) is 7.16. The maximum absolute atomic E-state index is 13.7. The molecule has 1 aliphatic heterocycles. The van der Waals surface area contributed by atoms with Gasteiger partial charge in [-0.15, -0.1) is 11.3 Å². The Morgan fingerprint density at radius 2 is 1.95 bits per heavy atom. The van der Waals surface area contributed by atoms with E-state index in [4.69, 9.17) is 0 Å². The van der Waals surface area contributed by atoms with E-state index in [0.717, 1.165) is 18.7 Å². The van der Waals surface area contributed by atoms with Gasteiger partial charge < -0.3 is 0 Å². The molecule has 2 nitrogen and oxygen atoms in total. The summed E-state index contributed by atoms with van der Waals surface area (Å²) in [5, 5.41) is 2.27. The molecule has 1 fully saturated rings. The first-order chi connectivity index (χ1) is 10.7. The molecule has 118 valence electrons. The van der Waals surface area contributed by atoms with Crippen LogP contribution in [0.5, 0.6) is 0 Å². The molecule has 1 aromatic carbocycles. The fraction of sp³-hybridized carbons (Fsp3) is 0.444. The van der Waals surface area contributed by atoms with Gasteiger partial charge in [0, 0.05) is 30.1 Å². The summed E-state index contributed by atoms with van der Waals surface area (Å²) >= 11 is 1.81. The maximum Gasteiger partial charge on any atom is 0.127 e. The smallest absolute Gasteiger partial charge is 0.127 e. The van der Waals surface area contributed by atoms with E-state index in [1.165, 1.54) is 42.4 Å². The number of thiophene rings is 1. The lowest BCUT2D eigenvalue weighted by Crippen LogP contribution is -2.18. The van der Waals surface area contributed by atoms with Crippen LogP contribution in [0, 0.1) is 5.82 Å². The molecule has 2 heterocycles. The van der Waals surface area contributed by atoms with Crippen molar-refractivity contribution in [1.82, 2.24) is 9.80 Å². The van der Waals surface area contributed by atoms with Gasteiger partial charge in [-0.05, 0) is 56.1 Å². The minimum Gasteiger partial charge on any atom is -0.299 e. The molecule has 2 aromatic rings. The third-order valence-corrected chi connectivity index (χ3v) is 5.11. The zero-order chi connectivity index (χ0) is 15.4. The molecule has 4 heteroatoms. The van der Waals surface area contributed by atoms with Crippen LogP contribution in [0.15, 0.2) is 35.7 Å². The highest BCUT2D eigenvalue weighted by atomic mass is 32.1. The standard InChI is InChI=1S/C18H23FN2S/c1-20(12-16-6-2-3-7-18(16)19)13-17-10-15(14-22-17)11-21-8-4-5-9-21/h2-3,6-7,10,14H,4-5,8-9,11-13H2,1H3. The van der Waals surface area contributed by atoms with Gasteiger partial charge in [0.2, 0.25) is 0 Å². The van der Waals surface area contributed by atoms with Crippen molar-refractivity contribution < 1.29 is 4.39 Å². The summed E-state index contributed by atoms with van der Waals surface area (Å²) < 4.78 is 13.7. The summed E-state index contributed by atoms with van der Waals surface area (Å²) in [6, 6.07) is 9.33. The first kappa shape index (κ1) is 15.7. The van der Waals surface area contributed by atoms with Gasteiger partial charge >= 0.3 is 0 Å². The average molecular weight is 318 g/mol. The van der Waals surface area contributed by atoms with Crippen LogP contribution in [0.25, 0.3) is 0 Å². The van der Waals surface area contributed by atoms with Crippen molar-refractivity contribution in [2.45, 2.75) is 32.5 Å². The summed E-state index contributed by atoms with van der Waals surface area (Å²) in [4.78, 5) is 6.05. The lowest BCUT2D eigenvalue weighted by atomic mass is 10.2. The largest absolute Gasteiger partial charge is 0.299 e. The lowest BCUT2D eigenvalue weighted by molar-refractivity contribution is 0.315. The zero-order valence-corrected chi connectivity index (χ0v) is 13.9. The van der Waals surface area contributed by atoms with Crippen molar-refractivity contribution in [2.24, 2.45) is 0 Å². The predicted molar refractivity (Wildman–Crippen MR) is 90.4 cm³/mol. The number of hydrogen-bond donors (Lipinski definition) is 0. The van der Waals surface area contributed by atoms with Crippen molar-refractivity contribution in [3.63, 3.8) is 0 Å². The monoisotopic (exact) mass is 318 g/mol. The summed E-state index contributed by atoms with van der Waals surface area (Å²) in [6.07, 6.45) is 2.67. The lowest BCUT2D eigenvalue weighted by Gasteiger charge is -2.16. The number of benzene rings is 1. The van der Waals surface area contributed by atoms with Crippen molar-refractivity contribution in [3.8, 4) is 0 Å². The topological polar surface area (TPSA) is 6.48 Å². The van der Waals surface area contributed by atoms with Gasteiger partial charge in [0.25, 0.3) is 0 Å². The van der Waals surface area contributed by atoms with Crippen LogP contribution in [0.4, 0.5) is 4.39 Å². The fourth-order valence-corrected chi connectivity index (χ4v) is 3.99. The second kappa shape index (κ2) is 7.36. The van der Waals surface area contributed by atoms with Crippen molar-refractivity contribution in [3.05, 3.63) is 57.5 Å². The van der Waals surface area contributed by atoms with Crippen LogP contribution in [0.1, 0.15) is 28.8 Å².